The Labute approximate surface area is 209 Å². The quantitative estimate of drug-likeness (QED) is 0.204. The molecule has 0 unspecified atom stereocenters. The molecule has 0 aliphatic heterocycles. The van der Waals surface area contributed by atoms with Crippen molar-refractivity contribution in [3.05, 3.63) is 119 Å². The fourth-order valence-electron chi connectivity index (χ4n) is 3.45. The van der Waals surface area contributed by atoms with E-state index < -0.39 is 33.6 Å². The molecule has 37 heavy (non-hydrogen) atoms. The van der Waals surface area contributed by atoms with E-state index in [0.29, 0.717) is 11.3 Å². The van der Waals surface area contributed by atoms with E-state index in [2.05, 4.69) is 0 Å². The maximum Gasteiger partial charge on any atom is 0.416 e. The number of hydrogen-bond donors (Lipinski definition) is 0. The molecule has 0 bridgehead atoms. The van der Waals surface area contributed by atoms with Crippen LogP contribution in [0, 0.1) is 5.82 Å². The summed E-state index contributed by atoms with van der Waals surface area (Å²) in [5.74, 6) is -0.843. The standard InChI is InChI=1S/C26H19F4NO5S/c27-21-8-12-24(13-9-21)37(33,34)36-22-10-6-18(7-11-22)16-31(17-23-5-2-14-35-23)25(32)19-3-1-4-20(15-19)26(28,29)30/h1-15H,16-17H2. The lowest BCUT2D eigenvalue weighted by molar-refractivity contribution is -0.137. The van der Waals surface area contributed by atoms with E-state index >= 15 is 0 Å². The van der Waals surface area contributed by atoms with E-state index in [1.54, 1.807) is 12.1 Å². The second kappa shape index (κ2) is 10.5. The van der Waals surface area contributed by atoms with Crippen LogP contribution < -0.4 is 4.18 Å². The fraction of sp³-hybridized carbons (Fsp3) is 0.115. The van der Waals surface area contributed by atoms with Gasteiger partial charge in [0.1, 0.15) is 22.2 Å². The zero-order valence-electron chi connectivity index (χ0n) is 19.0. The topological polar surface area (TPSA) is 76.8 Å². The Morgan fingerprint density at radius 3 is 2.22 bits per heavy atom. The molecular formula is C26H19F4NO5S. The average Bonchev–Trinajstić information content (AvgIpc) is 3.37. The number of carbonyl (C=O) groups is 1. The van der Waals surface area contributed by atoms with E-state index in [-0.39, 0.29) is 29.3 Å². The average molecular weight is 533 g/mol. The summed E-state index contributed by atoms with van der Waals surface area (Å²) in [5.41, 5.74) is -0.537. The summed E-state index contributed by atoms with van der Waals surface area (Å²) >= 11 is 0. The van der Waals surface area contributed by atoms with Crippen molar-refractivity contribution in [3.8, 4) is 5.75 Å². The van der Waals surface area contributed by atoms with E-state index in [1.165, 1.54) is 41.5 Å². The molecule has 0 spiro atoms. The van der Waals surface area contributed by atoms with Crippen LogP contribution in [0.5, 0.6) is 5.75 Å². The Balaban J connectivity index is 1.54. The summed E-state index contributed by atoms with van der Waals surface area (Å²) in [7, 11) is -4.20. The lowest BCUT2D eigenvalue weighted by atomic mass is 10.1. The third-order valence-electron chi connectivity index (χ3n) is 5.26. The van der Waals surface area contributed by atoms with Crippen molar-refractivity contribution in [2.45, 2.75) is 24.2 Å². The van der Waals surface area contributed by atoms with Crippen molar-refractivity contribution < 1.29 is 39.4 Å². The molecule has 0 aliphatic rings. The van der Waals surface area contributed by atoms with Crippen LogP contribution in [0.4, 0.5) is 17.6 Å². The van der Waals surface area contributed by atoms with Crippen LogP contribution in [0.25, 0.3) is 0 Å². The lowest BCUT2D eigenvalue weighted by Gasteiger charge is -2.22. The lowest BCUT2D eigenvalue weighted by Crippen LogP contribution is -2.30. The van der Waals surface area contributed by atoms with Crippen LogP contribution >= 0.6 is 0 Å². The monoisotopic (exact) mass is 533 g/mol. The Bertz CT molecular complexity index is 1470. The number of nitrogens with zero attached hydrogens (tertiary/aromatic N) is 1. The predicted molar refractivity (Wildman–Crippen MR) is 124 cm³/mol. The van der Waals surface area contributed by atoms with Crippen molar-refractivity contribution in [1.29, 1.82) is 0 Å². The zero-order valence-corrected chi connectivity index (χ0v) is 19.8. The molecule has 192 valence electrons. The van der Waals surface area contributed by atoms with Gasteiger partial charge in [-0.25, -0.2) is 4.39 Å². The van der Waals surface area contributed by atoms with E-state index in [0.717, 1.165) is 42.5 Å². The molecule has 4 rings (SSSR count). The van der Waals surface area contributed by atoms with Crippen molar-refractivity contribution in [2.24, 2.45) is 0 Å². The first kappa shape index (κ1) is 26.0. The van der Waals surface area contributed by atoms with Gasteiger partial charge in [-0.15, -0.1) is 0 Å². The molecule has 0 radical (unpaired) electrons. The highest BCUT2D eigenvalue weighted by Crippen LogP contribution is 2.30. The van der Waals surface area contributed by atoms with Gasteiger partial charge in [0, 0.05) is 12.1 Å². The molecule has 4 aromatic rings. The summed E-state index contributed by atoms with van der Waals surface area (Å²) in [4.78, 5) is 14.3. The molecule has 3 aromatic carbocycles. The van der Waals surface area contributed by atoms with Gasteiger partial charge in [0.15, 0.2) is 0 Å². The van der Waals surface area contributed by atoms with Crippen LogP contribution in [0.1, 0.15) is 27.2 Å². The summed E-state index contributed by atoms with van der Waals surface area (Å²) in [6.07, 6.45) is -3.19. The largest absolute Gasteiger partial charge is 0.467 e. The molecule has 6 nitrogen and oxygen atoms in total. The summed E-state index contributed by atoms with van der Waals surface area (Å²) < 4.78 is 87.8. The first-order valence-corrected chi connectivity index (χ1v) is 12.2. The highest BCUT2D eigenvalue weighted by atomic mass is 32.2. The molecular weight excluding hydrogens is 514 g/mol. The molecule has 11 heteroatoms. The maximum absolute atomic E-state index is 13.2. The van der Waals surface area contributed by atoms with Gasteiger partial charge in [0.25, 0.3) is 5.91 Å². The number of furan rings is 1. The number of benzene rings is 3. The highest BCUT2D eigenvalue weighted by Gasteiger charge is 2.31. The van der Waals surface area contributed by atoms with Gasteiger partial charge in [-0.2, -0.15) is 21.6 Å². The first-order chi connectivity index (χ1) is 17.5. The molecule has 0 saturated heterocycles. The van der Waals surface area contributed by atoms with Gasteiger partial charge in [-0.3, -0.25) is 4.79 Å². The molecule has 0 atom stereocenters. The minimum absolute atomic E-state index is 0.0131. The summed E-state index contributed by atoms with van der Waals surface area (Å²) in [5, 5.41) is 0. The van der Waals surface area contributed by atoms with Crippen LogP contribution in [0.15, 0.2) is 101 Å². The van der Waals surface area contributed by atoms with E-state index in [1.807, 2.05) is 0 Å². The Morgan fingerprint density at radius 1 is 0.892 bits per heavy atom. The fourth-order valence-corrected chi connectivity index (χ4v) is 4.38. The van der Waals surface area contributed by atoms with Gasteiger partial charge < -0.3 is 13.5 Å². The molecule has 1 heterocycles. The molecule has 0 fully saturated rings. The smallest absolute Gasteiger partial charge is 0.416 e. The Hall–Kier alpha value is -4.12. The highest BCUT2D eigenvalue weighted by molar-refractivity contribution is 7.87. The SMILES string of the molecule is O=C(c1cccc(C(F)(F)F)c1)N(Cc1ccc(OS(=O)(=O)c2ccc(F)cc2)cc1)Cc1ccco1. The predicted octanol–water partition coefficient (Wildman–Crippen LogP) is 6.05. The number of halogens is 4. The second-order valence-electron chi connectivity index (χ2n) is 7.95. The van der Waals surface area contributed by atoms with Crippen LogP contribution in [0.3, 0.4) is 0 Å². The van der Waals surface area contributed by atoms with Gasteiger partial charge in [0.05, 0.1) is 18.4 Å². The molecule has 0 aliphatic carbocycles. The maximum atomic E-state index is 13.2. The van der Waals surface area contributed by atoms with Gasteiger partial charge in [-0.1, -0.05) is 18.2 Å². The minimum Gasteiger partial charge on any atom is -0.467 e. The molecule has 1 aromatic heterocycles. The number of rotatable bonds is 8. The summed E-state index contributed by atoms with van der Waals surface area (Å²) in [6.45, 7) is -0.0277. The summed E-state index contributed by atoms with van der Waals surface area (Å²) in [6, 6.07) is 17.3. The van der Waals surface area contributed by atoms with Crippen molar-refractivity contribution >= 4 is 16.0 Å². The zero-order chi connectivity index (χ0) is 26.6. The van der Waals surface area contributed by atoms with Gasteiger partial charge in [-0.05, 0) is 72.3 Å². The first-order valence-electron chi connectivity index (χ1n) is 10.8. The Kier molecular flexibility index (Phi) is 7.35. The van der Waals surface area contributed by atoms with Crippen molar-refractivity contribution in [3.63, 3.8) is 0 Å². The Morgan fingerprint density at radius 2 is 1.59 bits per heavy atom. The van der Waals surface area contributed by atoms with E-state index in [9.17, 15) is 30.8 Å². The minimum atomic E-state index is -4.60. The van der Waals surface area contributed by atoms with Crippen LogP contribution in [0.2, 0.25) is 0 Å². The number of alkyl halides is 3. The van der Waals surface area contributed by atoms with E-state index in [4.69, 9.17) is 8.60 Å². The van der Waals surface area contributed by atoms with Crippen molar-refractivity contribution in [2.75, 3.05) is 0 Å². The van der Waals surface area contributed by atoms with Crippen LogP contribution in [-0.4, -0.2) is 19.2 Å². The molecule has 0 N–H and O–H groups in total. The normalized spacial score (nSPS) is 11.8. The molecule has 1 amide bonds. The third-order valence-corrected chi connectivity index (χ3v) is 6.52. The van der Waals surface area contributed by atoms with Crippen LogP contribution in [-0.2, 0) is 29.4 Å². The van der Waals surface area contributed by atoms with Gasteiger partial charge >= 0.3 is 16.3 Å². The van der Waals surface area contributed by atoms with Gasteiger partial charge in [0.2, 0.25) is 0 Å². The van der Waals surface area contributed by atoms with Crippen molar-refractivity contribution in [1.82, 2.24) is 4.90 Å². The number of carbonyl (C=O) groups excluding carboxylic acids is 1. The number of hydrogen-bond acceptors (Lipinski definition) is 5. The number of amides is 1. The third kappa shape index (κ3) is 6.56. The molecule has 0 saturated carbocycles. The second-order valence-corrected chi connectivity index (χ2v) is 9.50.